The predicted molar refractivity (Wildman–Crippen MR) is 153 cm³/mol. The van der Waals surface area contributed by atoms with E-state index in [0.29, 0.717) is 17.3 Å². The first-order chi connectivity index (χ1) is 18.3. The average molecular weight is 528 g/mol. The third-order valence-electron chi connectivity index (χ3n) is 7.50. The van der Waals surface area contributed by atoms with Crippen molar-refractivity contribution in [2.75, 3.05) is 17.3 Å². The minimum atomic E-state index is -2.82. The van der Waals surface area contributed by atoms with E-state index in [9.17, 15) is 15.0 Å². The minimum absolute atomic E-state index is 0.0726. The maximum atomic E-state index is 13.5. The molecule has 204 valence electrons. The van der Waals surface area contributed by atoms with Crippen molar-refractivity contribution >= 4 is 36.8 Å². The Balaban J connectivity index is 1.79. The highest BCUT2D eigenvalue weighted by Crippen LogP contribution is 2.46. The van der Waals surface area contributed by atoms with Crippen LogP contribution in [0.3, 0.4) is 0 Å². The quantitative estimate of drug-likeness (QED) is 0.145. The van der Waals surface area contributed by atoms with Crippen molar-refractivity contribution in [1.82, 2.24) is 4.98 Å². The van der Waals surface area contributed by atoms with Crippen LogP contribution in [0.4, 0.5) is 17.2 Å². The van der Waals surface area contributed by atoms with Crippen molar-refractivity contribution in [2.24, 2.45) is 5.41 Å². The number of nitrogens with zero attached hydrogens (tertiary/aromatic N) is 2. The molecular formula is C30H37BN4O4. The van der Waals surface area contributed by atoms with Gasteiger partial charge in [-0.1, -0.05) is 19.9 Å². The van der Waals surface area contributed by atoms with Crippen molar-refractivity contribution in [3.05, 3.63) is 46.6 Å². The van der Waals surface area contributed by atoms with Crippen LogP contribution in [0, 0.1) is 36.5 Å². The van der Waals surface area contributed by atoms with Crippen molar-refractivity contribution in [1.29, 1.82) is 5.41 Å². The molecule has 0 spiro atoms. The molecule has 2 aromatic rings. The number of benzene rings is 1. The van der Waals surface area contributed by atoms with Crippen LogP contribution in [-0.4, -0.2) is 53.7 Å². The molecular weight excluding hydrogens is 491 g/mol. The first kappa shape index (κ1) is 28.7. The van der Waals surface area contributed by atoms with Crippen molar-refractivity contribution in [3.8, 4) is 11.8 Å². The van der Waals surface area contributed by atoms with Crippen molar-refractivity contribution in [2.45, 2.75) is 83.9 Å². The monoisotopic (exact) mass is 528 g/mol. The number of nitrogens with one attached hydrogen (secondary N) is 2. The van der Waals surface area contributed by atoms with Gasteiger partial charge >= 0.3 is 5.91 Å². The molecule has 2 fully saturated rings. The summed E-state index contributed by atoms with van der Waals surface area (Å²) in [6, 6.07) is 7.43. The molecule has 39 heavy (non-hydrogen) atoms. The fourth-order valence-corrected chi connectivity index (χ4v) is 5.18. The number of aliphatic hydroxyl groups is 2. The van der Waals surface area contributed by atoms with Crippen LogP contribution in [0.2, 0.25) is 0 Å². The van der Waals surface area contributed by atoms with Gasteiger partial charge in [0.05, 0.1) is 11.4 Å². The van der Waals surface area contributed by atoms with Gasteiger partial charge in [0.25, 0.3) is 0 Å². The van der Waals surface area contributed by atoms with Gasteiger partial charge in [-0.25, -0.2) is 4.98 Å². The number of aromatic nitrogens is 1. The summed E-state index contributed by atoms with van der Waals surface area (Å²) in [4.78, 5) is 19.6. The Morgan fingerprint density at radius 3 is 2.54 bits per heavy atom. The van der Waals surface area contributed by atoms with Gasteiger partial charge in [-0.05, 0) is 105 Å². The number of carbonyl (C=O) groups is 1. The van der Waals surface area contributed by atoms with Gasteiger partial charge in [0, 0.05) is 13.0 Å². The van der Waals surface area contributed by atoms with Gasteiger partial charge in [-0.2, -0.15) is 0 Å². The van der Waals surface area contributed by atoms with Gasteiger partial charge in [0.15, 0.2) is 13.5 Å². The molecule has 1 aromatic carbocycles. The van der Waals surface area contributed by atoms with E-state index in [1.807, 2.05) is 25.8 Å². The van der Waals surface area contributed by atoms with Crippen LogP contribution in [0.5, 0.6) is 0 Å². The summed E-state index contributed by atoms with van der Waals surface area (Å²) in [6.07, 6.45) is 5.81. The lowest BCUT2D eigenvalue weighted by Gasteiger charge is -2.35. The van der Waals surface area contributed by atoms with E-state index < -0.39 is 11.6 Å². The van der Waals surface area contributed by atoms with E-state index in [-0.39, 0.29) is 28.9 Å². The summed E-state index contributed by atoms with van der Waals surface area (Å²) in [5.74, 6) is 4.00. The summed E-state index contributed by atoms with van der Waals surface area (Å²) in [5, 5.41) is 30.9. The molecule has 0 saturated heterocycles. The van der Waals surface area contributed by atoms with E-state index in [4.69, 9.17) is 23.0 Å². The molecule has 2 radical (unpaired) electrons. The van der Waals surface area contributed by atoms with E-state index >= 15 is 0 Å². The van der Waals surface area contributed by atoms with Gasteiger partial charge < -0.3 is 20.3 Å². The SMILES string of the molecule is [B]C(O)(O)C#CC(=O)N(c1ccc(NC)c(C(=N)OC2CCCC(C)(C)C2)n1)c1cc(C)c(C)cc1C1CC1. The molecule has 1 amide bonds. The van der Waals surface area contributed by atoms with Crippen LogP contribution in [0.15, 0.2) is 24.3 Å². The highest BCUT2D eigenvalue weighted by molar-refractivity contribution is 6.17. The molecule has 0 aliphatic heterocycles. The number of rotatable bonds is 6. The molecule has 2 aliphatic rings. The van der Waals surface area contributed by atoms with Crippen LogP contribution in [-0.2, 0) is 9.53 Å². The molecule has 1 unspecified atom stereocenters. The lowest BCUT2D eigenvalue weighted by molar-refractivity contribution is -0.112. The van der Waals surface area contributed by atoms with Crippen molar-refractivity contribution in [3.63, 3.8) is 0 Å². The van der Waals surface area contributed by atoms with Crippen LogP contribution >= 0.6 is 0 Å². The Morgan fingerprint density at radius 2 is 1.92 bits per heavy atom. The van der Waals surface area contributed by atoms with Gasteiger partial charge in [0.1, 0.15) is 17.6 Å². The summed E-state index contributed by atoms with van der Waals surface area (Å²) in [5.41, 5.74) is 1.91. The maximum Gasteiger partial charge on any atom is 0.308 e. The zero-order valence-corrected chi connectivity index (χ0v) is 23.4. The smallest absolute Gasteiger partial charge is 0.308 e. The largest absolute Gasteiger partial charge is 0.473 e. The second-order valence-electron chi connectivity index (χ2n) is 11.5. The Bertz CT molecular complexity index is 1330. The molecule has 2 saturated carbocycles. The van der Waals surface area contributed by atoms with Gasteiger partial charge in [0.2, 0.25) is 5.90 Å². The van der Waals surface area contributed by atoms with E-state index in [0.717, 1.165) is 55.2 Å². The summed E-state index contributed by atoms with van der Waals surface area (Å²) in [6.45, 7) is 8.42. The first-order valence-corrected chi connectivity index (χ1v) is 13.4. The van der Waals surface area contributed by atoms with E-state index in [2.05, 4.69) is 31.2 Å². The number of hydrogen-bond acceptors (Lipinski definition) is 7. The van der Waals surface area contributed by atoms with E-state index in [1.165, 1.54) is 4.90 Å². The number of hydrogen-bond donors (Lipinski definition) is 4. The van der Waals surface area contributed by atoms with E-state index in [1.54, 1.807) is 19.2 Å². The van der Waals surface area contributed by atoms with Crippen molar-refractivity contribution < 1.29 is 19.7 Å². The Hall–Kier alpha value is -3.35. The topological polar surface area (TPSA) is 119 Å². The molecule has 8 nitrogen and oxygen atoms in total. The third kappa shape index (κ3) is 7.00. The molecule has 4 N–H and O–H groups in total. The second kappa shape index (κ2) is 11.0. The Kier molecular flexibility index (Phi) is 8.10. The number of ether oxygens (including phenoxy) is 1. The summed E-state index contributed by atoms with van der Waals surface area (Å²) in [7, 11) is 6.94. The zero-order chi connectivity index (χ0) is 28.5. The van der Waals surface area contributed by atoms with Crippen LogP contribution < -0.4 is 10.2 Å². The lowest BCUT2D eigenvalue weighted by atomic mass is 9.76. The standard InChI is InChI=1S/C30H37BN4O4/c1-18-15-22(20-8-9-20)24(16-19(18)2)35(26(36)12-14-30(31,37)38)25-11-10-23(33-5)27(34-25)28(32)39-21-7-6-13-29(3,4)17-21/h10-11,15-16,20-21,32-33,37-38H,6-9,13,17H2,1-5H3. The predicted octanol–water partition coefficient (Wildman–Crippen LogP) is 4.40. The molecule has 0 bridgehead atoms. The van der Waals surface area contributed by atoms with Crippen LogP contribution in [0.1, 0.15) is 80.7 Å². The molecule has 9 heteroatoms. The Labute approximate surface area is 232 Å². The zero-order valence-electron chi connectivity index (χ0n) is 23.4. The highest BCUT2D eigenvalue weighted by atomic mass is 16.5. The maximum absolute atomic E-state index is 13.5. The lowest BCUT2D eigenvalue weighted by Crippen LogP contribution is -2.31. The number of pyridine rings is 1. The first-order valence-electron chi connectivity index (χ1n) is 13.4. The minimum Gasteiger partial charge on any atom is -0.473 e. The summed E-state index contributed by atoms with van der Waals surface area (Å²) >= 11 is 0. The average Bonchev–Trinajstić information content (AvgIpc) is 3.69. The molecule has 2 aliphatic carbocycles. The fraction of sp³-hybridized carbons (Fsp3) is 0.500. The van der Waals surface area contributed by atoms with Gasteiger partial charge in [-0.3, -0.25) is 15.1 Å². The van der Waals surface area contributed by atoms with Crippen LogP contribution in [0.25, 0.3) is 0 Å². The Morgan fingerprint density at radius 1 is 1.23 bits per heavy atom. The second-order valence-corrected chi connectivity index (χ2v) is 11.5. The molecule has 1 atom stereocenters. The van der Waals surface area contributed by atoms with Gasteiger partial charge in [-0.15, -0.1) is 0 Å². The number of anilines is 3. The third-order valence-corrected chi connectivity index (χ3v) is 7.50. The molecule has 1 aromatic heterocycles. The number of aryl methyl sites for hydroxylation is 2. The fourth-order valence-electron chi connectivity index (χ4n) is 5.18. The molecule has 1 heterocycles. The normalized spacial score (nSPS) is 18.5. The number of amides is 1. The highest BCUT2D eigenvalue weighted by Gasteiger charge is 2.33. The molecule has 4 rings (SSSR count). The summed E-state index contributed by atoms with van der Waals surface area (Å²) < 4.78 is 6.12. The number of carbonyl (C=O) groups excluding carboxylic acids is 1.